The molecule has 1 aromatic rings. The van der Waals surface area contributed by atoms with Gasteiger partial charge in [0.2, 0.25) is 0 Å². The molecular formula is C16H24ClNO2. The first-order chi connectivity index (χ1) is 9.81. The lowest BCUT2D eigenvalue weighted by Gasteiger charge is -2.19. The van der Waals surface area contributed by atoms with E-state index >= 15 is 0 Å². The number of ether oxygens (including phenoxy) is 2. The maximum atomic E-state index is 6.29. The van der Waals surface area contributed by atoms with E-state index in [1.165, 1.54) is 19.3 Å². The van der Waals surface area contributed by atoms with Crippen molar-refractivity contribution in [3.63, 3.8) is 0 Å². The molecule has 0 saturated heterocycles. The van der Waals surface area contributed by atoms with E-state index in [0.29, 0.717) is 13.2 Å². The van der Waals surface area contributed by atoms with Crippen LogP contribution < -0.4 is 14.8 Å². The molecule has 0 aromatic heterocycles. The van der Waals surface area contributed by atoms with E-state index in [2.05, 4.69) is 12.2 Å². The van der Waals surface area contributed by atoms with Crippen LogP contribution in [-0.2, 0) is 6.42 Å². The normalized spacial score (nSPS) is 13.5. The second kappa shape index (κ2) is 8.38. The lowest BCUT2D eigenvalue weighted by atomic mass is 10.1. The number of rotatable bonds is 8. The average Bonchev–Trinajstić information content (AvgIpc) is 2.46. The molecule has 0 spiro atoms. The molecule has 4 heteroatoms. The van der Waals surface area contributed by atoms with Gasteiger partial charge in [-0.05, 0) is 50.4 Å². The highest BCUT2D eigenvalue weighted by Crippen LogP contribution is 2.35. The van der Waals surface area contributed by atoms with Crippen LogP contribution in [0.3, 0.4) is 0 Å². The van der Waals surface area contributed by atoms with Gasteiger partial charge in [-0.25, -0.2) is 0 Å². The molecule has 1 aromatic carbocycles. The summed E-state index contributed by atoms with van der Waals surface area (Å²) >= 11 is 6.29. The molecule has 112 valence electrons. The SMILES string of the molecule is CCCNCCCCCc1cc2c(cc1Cl)OCCO2. The molecule has 0 saturated carbocycles. The van der Waals surface area contributed by atoms with Crippen molar-refractivity contribution in [2.75, 3.05) is 26.3 Å². The highest BCUT2D eigenvalue weighted by molar-refractivity contribution is 6.31. The van der Waals surface area contributed by atoms with Gasteiger partial charge in [0.1, 0.15) is 13.2 Å². The van der Waals surface area contributed by atoms with Crippen LogP contribution in [0.4, 0.5) is 0 Å². The fourth-order valence-electron chi connectivity index (χ4n) is 2.34. The lowest BCUT2D eigenvalue weighted by Crippen LogP contribution is -2.16. The predicted octanol–water partition coefficient (Wildman–Crippen LogP) is 3.82. The predicted molar refractivity (Wildman–Crippen MR) is 83.2 cm³/mol. The summed E-state index contributed by atoms with van der Waals surface area (Å²) in [6.45, 7) is 5.65. The van der Waals surface area contributed by atoms with Crippen molar-refractivity contribution < 1.29 is 9.47 Å². The van der Waals surface area contributed by atoms with E-state index in [4.69, 9.17) is 21.1 Å². The van der Waals surface area contributed by atoms with Crippen LogP contribution in [0.5, 0.6) is 11.5 Å². The second-order valence-electron chi connectivity index (χ2n) is 5.15. The molecule has 1 aliphatic heterocycles. The zero-order chi connectivity index (χ0) is 14.2. The average molecular weight is 298 g/mol. The number of hydrogen-bond acceptors (Lipinski definition) is 3. The highest BCUT2D eigenvalue weighted by atomic mass is 35.5. The summed E-state index contributed by atoms with van der Waals surface area (Å²) in [5.74, 6) is 1.61. The Labute approximate surface area is 126 Å². The van der Waals surface area contributed by atoms with Crippen molar-refractivity contribution >= 4 is 11.6 Å². The Balaban J connectivity index is 1.75. The van der Waals surface area contributed by atoms with Crippen molar-refractivity contribution in [3.8, 4) is 11.5 Å². The number of halogens is 1. The zero-order valence-corrected chi connectivity index (χ0v) is 13.0. The minimum absolute atomic E-state index is 0.605. The minimum atomic E-state index is 0.605. The van der Waals surface area contributed by atoms with Gasteiger partial charge in [-0.3, -0.25) is 0 Å². The number of fused-ring (bicyclic) bond motifs is 1. The van der Waals surface area contributed by atoms with Crippen LogP contribution >= 0.6 is 11.6 Å². The monoisotopic (exact) mass is 297 g/mol. The second-order valence-corrected chi connectivity index (χ2v) is 5.56. The van der Waals surface area contributed by atoms with Gasteiger partial charge in [0, 0.05) is 11.1 Å². The van der Waals surface area contributed by atoms with Crippen molar-refractivity contribution in [2.45, 2.75) is 39.0 Å². The zero-order valence-electron chi connectivity index (χ0n) is 12.2. The summed E-state index contributed by atoms with van der Waals surface area (Å²) < 4.78 is 11.1. The third-order valence-corrected chi connectivity index (χ3v) is 3.79. The van der Waals surface area contributed by atoms with Crippen LogP contribution in [0.25, 0.3) is 0 Å². The van der Waals surface area contributed by atoms with Gasteiger partial charge in [-0.2, -0.15) is 0 Å². The Bertz CT molecular complexity index is 423. The molecule has 1 N–H and O–H groups in total. The maximum Gasteiger partial charge on any atom is 0.162 e. The molecule has 1 aliphatic rings. The molecule has 20 heavy (non-hydrogen) atoms. The van der Waals surface area contributed by atoms with Crippen LogP contribution in [0, 0.1) is 0 Å². The minimum Gasteiger partial charge on any atom is -0.486 e. The van der Waals surface area contributed by atoms with E-state index < -0.39 is 0 Å². The Kier molecular flexibility index (Phi) is 6.48. The topological polar surface area (TPSA) is 30.5 Å². The number of aryl methyl sites for hydroxylation is 1. The summed E-state index contributed by atoms with van der Waals surface area (Å²) in [6.07, 6.45) is 5.81. The van der Waals surface area contributed by atoms with Crippen molar-refractivity contribution in [2.24, 2.45) is 0 Å². The van der Waals surface area contributed by atoms with Crippen LogP contribution in [0.15, 0.2) is 12.1 Å². The highest BCUT2D eigenvalue weighted by Gasteiger charge is 2.14. The molecule has 3 nitrogen and oxygen atoms in total. The lowest BCUT2D eigenvalue weighted by molar-refractivity contribution is 0.171. The van der Waals surface area contributed by atoms with E-state index in [9.17, 15) is 0 Å². The Morgan fingerprint density at radius 2 is 1.80 bits per heavy atom. The molecule has 0 aliphatic carbocycles. The third-order valence-electron chi connectivity index (χ3n) is 3.44. The smallest absolute Gasteiger partial charge is 0.162 e. The van der Waals surface area contributed by atoms with Crippen molar-refractivity contribution in [1.29, 1.82) is 0 Å². The van der Waals surface area contributed by atoms with Gasteiger partial charge < -0.3 is 14.8 Å². The first-order valence-corrected chi connectivity index (χ1v) is 7.98. The van der Waals surface area contributed by atoms with Crippen molar-refractivity contribution in [1.82, 2.24) is 5.32 Å². The van der Waals surface area contributed by atoms with Crippen LogP contribution in [-0.4, -0.2) is 26.3 Å². The van der Waals surface area contributed by atoms with Gasteiger partial charge in [0.15, 0.2) is 11.5 Å². The first-order valence-electron chi connectivity index (χ1n) is 7.60. The van der Waals surface area contributed by atoms with Crippen LogP contribution in [0.1, 0.15) is 38.2 Å². The molecule has 0 bridgehead atoms. The van der Waals surface area contributed by atoms with Gasteiger partial charge in [0.05, 0.1) is 0 Å². The summed E-state index contributed by atoms with van der Waals surface area (Å²) in [5.41, 5.74) is 1.16. The summed E-state index contributed by atoms with van der Waals surface area (Å²) in [6, 6.07) is 3.92. The molecule has 0 fully saturated rings. The maximum absolute atomic E-state index is 6.29. The fourth-order valence-corrected chi connectivity index (χ4v) is 2.59. The molecule has 1 heterocycles. The quantitative estimate of drug-likeness (QED) is 0.740. The molecule has 0 amide bonds. The number of hydrogen-bond donors (Lipinski definition) is 1. The molecular weight excluding hydrogens is 274 g/mol. The van der Waals surface area contributed by atoms with E-state index in [0.717, 1.165) is 48.0 Å². The molecule has 0 unspecified atom stereocenters. The Morgan fingerprint density at radius 1 is 1.05 bits per heavy atom. The molecule has 2 rings (SSSR count). The summed E-state index contributed by atoms with van der Waals surface area (Å²) in [4.78, 5) is 0. The van der Waals surface area contributed by atoms with Gasteiger partial charge in [0.25, 0.3) is 0 Å². The first kappa shape index (κ1) is 15.5. The Morgan fingerprint density at radius 3 is 2.55 bits per heavy atom. The van der Waals surface area contributed by atoms with Gasteiger partial charge in [-0.1, -0.05) is 24.9 Å². The summed E-state index contributed by atoms with van der Waals surface area (Å²) in [5, 5.41) is 4.21. The number of benzene rings is 1. The third kappa shape index (κ3) is 4.57. The standard InChI is InChI=1S/C16H24ClNO2/c1-2-7-18-8-5-3-4-6-13-11-15-16(12-14(13)17)20-10-9-19-15/h11-12,18H,2-10H2,1H3. The van der Waals surface area contributed by atoms with Crippen molar-refractivity contribution in [3.05, 3.63) is 22.7 Å². The summed E-state index contributed by atoms with van der Waals surface area (Å²) in [7, 11) is 0. The number of nitrogens with one attached hydrogen (secondary N) is 1. The van der Waals surface area contributed by atoms with E-state index in [-0.39, 0.29) is 0 Å². The Hall–Kier alpha value is -0.930. The largest absolute Gasteiger partial charge is 0.486 e. The number of unbranched alkanes of at least 4 members (excludes halogenated alkanes) is 2. The molecule has 0 radical (unpaired) electrons. The molecule has 0 atom stereocenters. The van der Waals surface area contributed by atoms with Gasteiger partial charge >= 0.3 is 0 Å². The van der Waals surface area contributed by atoms with Gasteiger partial charge in [-0.15, -0.1) is 0 Å². The van der Waals surface area contributed by atoms with Crippen LogP contribution in [0.2, 0.25) is 5.02 Å². The fraction of sp³-hybridized carbons (Fsp3) is 0.625. The van der Waals surface area contributed by atoms with E-state index in [1.54, 1.807) is 0 Å². The van der Waals surface area contributed by atoms with E-state index in [1.807, 2.05) is 12.1 Å².